The molecule has 0 radical (unpaired) electrons. The topological polar surface area (TPSA) is 52.3 Å². The summed E-state index contributed by atoms with van der Waals surface area (Å²) in [5.41, 5.74) is 7.63. The fraction of sp³-hybridized carbons (Fsp3) is 0.786. The van der Waals surface area contributed by atoms with Crippen LogP contribution in [0.3, 0.4) is 0 Å². The van der Waals surface area contributed by atoms with Gasteiger partial charge in [-0.2, -0.15) is 0 Å². The van der Waals surface area contributed by atoms with Crippen LogP contribution in [0.2, 0.25) is 0 Å². The number of methoxy groups -OCH3 is 1. The van der Waals surface area contributed by atoms with E-state index in [4.69, 9.17) is 10.5 Å². The Balaban J connectivity index is 2.10. The summed E-state index contributed by atoms with van der Waals surface area (Å²) in [4.78, 5) is 11.4. The highest BCUT2D eigenvalue weighted by Gasteiger charge is 2.52. The van der Waals surface area contributed by atoms with Crippen molar-refractivity contribution in [3.8, 4) is 0 Å². The maximum atomic E-state index is 11.4. The lowest BCUT2D eigenvalue weighted by Crippen LogP contribution is -2.50. The Morgan fingerprint density at radius 3 is 2.82 bits per heavy atom. The van der Waals surface area contributed by atoms with Gasteiger partial charge in [0.15, 0.2) is 0 Å². The van der Waals surface area contributed by atoms with Gasteiger partial charge in [0.1, 0.15) is 0 Å². The maximum absolute atomic E-state index is 11.4. The zero-order valence-electron chi connectivity index (χ0n) is 11.0. The first-order valence-corrected chi connectivity index (χ1v) is 6.47. The number of nitrogens with two attached hydrogens (primary N) is 1. The van der Waals surface area contributed by atoms with Gasteiger partial charge in [-0.05, 0) is 36.6 Å². The van der Waals surface area contributed by atoms with E-state index >= 15 is 0 Å². The molecule has 17 heavy (non-hydrogen) atoms. The zero-order chi connectivity index (χ0) is 12.6. The van der Waals surface area contributed by atoms with Gasteiger partial charge in [0.2, 0.25) is 0 Å². The van der Waals surface area contributed by atoms with Gasteiger partial charge in [0, 0.05) is 5.92 Å². The standard InChI is InChI=1S/C14H23NO2/c1-14(2)10-4-5-11(12(14)7-10)9(8-15)6-13(16)17-3/h5,9-10,12H,4,6-8,15H2,1-3H3. The molecule has 3 unspecified atom stereocenters. The van der Waals surface area contributed by atoms with Crippen molar-refractivity contribution in [2.24, 2.45) is 28.9 Å². The Kier molecular flexibility index (Phi) is 3.30. The molecule has 3 aliphatic rings. The van der Waals surface area contributed by atoms with Gasteiger partial charge < -0.3 is 10.5 Å². The third-order valence-corrected chi connectivity index (χ3v) is 4.91. The minimum atomic E-state index is -0.152. The van der Waals surface area contributed by atoms with Gasteiger partial charge in [-0.1, -0.05) is 25.5 Å². The molecule has 3 atom stereocenters. The highest BCUT2D eigenvalue weighted by molar-refractivity contribution is 5.70. The number of carbonyl (C=O) groups excluding carboxylic acids is 1. The van der Waals surface area contributed by atoms with Gasteiger partial charge >= 0.3 is 5.97 Å². The Labute approximate surface area is 103 Å². The third-order valence-electron chi connectivity index (χ3n) is 4.91. The number of hydrogen-bond donors (Lipinski definition) is 1. The number of esters is 1. The summed E-state index contributed by atoms with van der Waals surface area (Å²) < 4.78 is 4.75. The second-order valence-corrected chi connectivity index (χ2v) is 5.96. The van der Waals surface area contributed by atoms with Crippen molar-refractivity contribution in [1.82, 2.24) is 0 Å². The summed E-state index contributed by atoms with van der Waals surface area (Å²) in [6, 6.07) is 0. The van der Waals surface area contributed by atoms with Crippen molar-refractivity contribution >= 4 is 5.97 Å². The number of fused-ring (bicyclic) bond motifs is 1. The number of rotatable bonds is 4. The second-order valence-electron chi connectivity index (χ2n) is 5.96. The molecule has 0 aromatic heterocycles. The lowest BCUT2D eigenvalue weighted by molar-refractivity contribution is -0.141. The first-order valence-electron chi connectivity index (χ1n) is 6.47. The Bertz CT molecular complexity index is 346. The van der Waals surface area contributed by atoms with Crippen molar-refractivity contribution in [2.45, 2.75) is 33.1 Å². The molecule has 96 valence electrons. The number of carbonyl (C=O) groups is 1. The molecule has 0 aliphatic heterocycles. The van der Waals surface area contributed by atoms with Gasteiger partial charge in [-0.15, -0.1) is 0 Å². The predicted octanol–water partition coefficient (Wildman–Crippen LogP) is 2.12. The minimum absolute atomic E-state index is 0.152. The Hall–Kier alpha value is -0.830. The molecule has 1 fully saturated rings. The molecule has 3 aliphatic carbocycles. The van der Waals surface area contributed by atoms with E-state index in [0.717, 1.165) is 12.3 Å². The smallest absolute Gasteiger partial charge is 0.306 e. The van der Waals surface area contributed by atoms with E-state index in [9.17, 15) is 4.79 Å². The van der Waals surface area contributed by atoms with Crippen LogP contribution < -0.4 is 5.73 Å². The van der Waals surface area contributed by atoms with E-state index in [1.165, 1.54) is 19.1 Å². The summed E-state index contributed by atoms with van der Waals surface area (Å²) >= 11 is 0. The lowest BCUT2D eigenvalue weighted by Gasteiger charge is -2.57. The largest absolute Gasteiger partial charge is 0.469 e. The minimum Gasteiger partial charge on any atom is -0.469 e. The molecular weight excluding hydrogens is 214 g/mol. The van der Waals surface area contributed by atoms with Crippen LogP contribution in [0.1, 0.15) is 33.1 Å². The first-order chi connectivity index (χ1) is 8.00. The van der Waals surface area contributed by atoms with Gasteiger partial charge in [0.25, 0.3) is 0 Å². The Morgan fingerprint density at radius 2 is 2.35 bits per heavy atom. The molecule has 0 heterocycles. The lowest BCUT2D eigenvalue weighted by atomic mass is 9.47. The van der Waals surface area contributed by atoms with Crippen LogP contribution in [0.4, 0.5) is 0 Å². The molecule has 2 bridgehead atoms. The summed E-state index contributed by atoms with van der Waals surface area (Å²) in [5.74, 6) is 1.47. The van der Waals surface area contributed by atoms with Crippen LogP contribution in [0.25, 0.3) is 0 Å². The van der Waals surface area contributed by atoms with Crippen molar-refractivity contribution in [2.75, 3.05) is 13.7 Å². The molecule has 0 saturated heterocycles. The van der Waals surface area contributed by atoms with Gasteiger partial charge in [0.05, 0.1) is 13.5 Å². The summed E-state index contributed by atoms with van der Waals surface area (Å²) in [5, 5.41) is 0. The quantitative estimate of drug-likeness (QED) is 0.602. The SMILES string of the molecule is COC(=O)CC(CN)C1=CCC2CC1C2(C)C. The highest BCUT2D eigenvalue weighted by atomic mass is 16.5. The van der Waals surface area contributed by atoms with Gasteiger partial charge in [-0.25, -0.2) is 0 Å². The van der Waals surface area contributed by atoms with E-state index in [0.29, 0.717) is 24.3 Å². The molecule has 1 saturated carbocycles. The average Bonchev–Trinajstić information content (AvgIpc) is 2.35. The van der Waals surface area contributed by atoms with Crippen molar-refractivity contribution in [1.29, 1.82) is 0 Å². The van der Waals surface area contributed by atoms with E-state index < -0.39 is 0 Å². The fourth-order valence-corrected chi connectivity index (χ4v) is 3.48. The van der Waals surface area contributed by atoms with Crippen LogP contribution in [0, 0.1) is 23.2 Å². The van der Waals surface area contributed by atoms with Gasteiger partial charge in [-0.3, -0.25) is 4.79 Å². The molecule has 3 heteroatoms. The molecule has 0 spiro atoms. The number of allylic oxidation sites excluding steroid dienone is 1. The molecule has 0 aromatic carbocycles. The van der Waals surface area contributed by atoms with Crippen molar-refractivity contribution in [3.05, 3.63) is 11.6 Å². The molecule has 2 N–H and O–H groups in total. The normalized spacial score (nSPS) is 31.2. The summed E-state index contributed by atoms with van der Waals surface area (Å²) in [6.45, 7) is 5.22. The second kappa shape index (κ2) is 4.45. The van der Waals surface area contributed by atoms with E-state index in [1.807, 2.05) is 0 Å². The van der Waals surface area contributed by atoms with Crippen molar-refractivity contribution in [3.63, 3.8) is 0 Å². The van der Waals surface area contributed by atoms with E-state index in [1.54, 1.807) is 0 Å². The zero-order valence-corrected chi connectivity index (χ0v) is 11.0. The first kappa shape index (κ1) is 12.6. The average molecular weight is 237 g/mol. The summed E-state index contributed by atoms with van der Waals surface area (Å²) in [7, 11) is 1.44. The van der Waals surface area contributed by atoms with Crippen LogP contribution in [0.15, 0.2) is 11.6 Å². The molecule has 0 amide bonds. The predicted molar refractivity (Wildman–Crippen MR) is 67.3 cm³/mol. The molecule has 0 aromatic rings. The van der Waals surface area contributed by atoms with Crippen molar-refractivity contribution < 1.29 is 9.53 Å². The summed E-state index contributed by atoms with van der Waals surface area (Å²) in [6.07, 6.45) is 5.17. The monoisotopic (exact) mass is 237 g/mol. The van der Waals surface area contributed by atoms with Crippen LogP contribution in [-0.4, -0.2) is 19.6 Å². The highest BCUT2D eigenvalue weighted by Crippen LogP contribution is 2.60. The number of hydrogen-bond acceptors (Lipinski definition) is 3. The van der Waals surface area contributed by atoms with E-state index in [2.05, 4.69) is 19.9 Å². The van der Waals surface area contributed by atoms with Crippen LogP contribution in [-0.2, 0) is 9.53 Å². The third kappa shape index (κ3) is 2.01. The molecular formula is C14H23NO2. The Morgan fingerprint density at radius 1 is 1.65 bits per heavy atom. The number of ether oxygens (including phenoxy) is 1. The van der Waals surface area contributed by atoms with Crippen LogP contribution in [0.5, 0.6) is 0 Å². The molecule has 3 nitrogen and oxygen atoms in total. The van der Waals surface area contributed by atoms with Crippen LogP contribution >= 0.6 is 0 Å². The molecule has 3 rings (SSSR count). The maximum Gasteiger partial charge on any atom is 0.306 e. The van der Waals surface area contributed by atoms with E-state index in [-0.39, 0.29) is 11.9 Å². The fourth-order valence-electron chi connectivity index (χ4n) is 3.48.